The van der Waals surface area contributed by atoms with Crippen molar-refractivity contribution >= 4 is 0 Å². The molecular weight excluding hydrogens is 257 g/mol. The summed E-state index contributed by atoms with van der Waals surface area (Å²) in [5.41, 5.74) is 4.22. The minimum atomic E-state index is -2.23. The number of aliphatic hydroxyl groups is 1. The molecule has 1 saturated carbocycles. The van der Waals surface area contributed by atoms with Crippen molar-refractivity contribution < 1.29 is 27.1 Å². The molecule has 0 unspecified atom stereocenters. The molecule has 3 N–H and O–H groups in total. The monoisotopic (exact) mass is 267 g/mol. The summed E-state index contributed by atoms with van der Waals surface area (Å²) in [6.07, 6.45) is -0.0904. The molecule has 0 spiro atoms. The fourth-order valence-electron chi connectivity index (χ4n) is 1.82. The highest BCUT2D eigenvalue weighted by Gasteiger charge is 2.38. The summed E-state index contributed by atoms with van der Waals surface area (Å²) < 4.78 is 65.5. The van der Waals surface area contributed by atoms with Crippen LogP contribution in [0.15, 0.2) is 0 Å². The molecule has 1 aliphatic rings. The molecule has 2 atom stereocenters. The average Bonchev–Trinajstić information content (AvgIpc) is 3.17. The maximum absolute atomic E-state index is 13.4. The van der Waals surface area contributed by atoms with E-state index in [0.717, 1.165) is 0 Å². The van der Waals surface area contributed by atoms with Crippen LogP contribution in [0.4, 0.5) is 22.0 Å². The quantitative estimate of drug-likeness (QED) is 0.501. The Hall–Kier alpha value is -1.21. The predicted molar refractivity (Wildman–Crippen MR) is 51.9 cm³/mol. The molecule has 0 aromatic heterocycles. The third-order valence-corrected chi connectivity index (χ3v) is 3.05. The van der Waals surface area contributed by atoms with Crippen LogP contribution in [0.3, 0.4) is 0 Å². The average molecular weight is 267 g/mol. The number of hydrogen-bond acceptors (Lipinski definition) is 2. The van der Waals surface area contributed by atoms with E-state index in [-0.39, 0.29) is 5.92 Å². The van der Waals surface area contributed by atoms with E-state index in [4.69, 9.17) is 5.73 Å². The lowest BCUT2D eigenvalue weighted by molar-refractivity contribution is 0.118. The second-order valence-corrected chi connectivity index (χ2v) is 4.34. The lowest BCUT2D eigenvalue weighted by atomic mass is 9.97. The summed E-state index contributed by atoms with van der Waals surface area (Å²) in [5, 5.41) is 9.61. The number of halogens is 5. The van der Waals surface area contributed by atoms with Crippen LogP contribution < -0.4 is 5.73 Å². The molecule has 2 rings (SSSR count). The topological polar surface area (TPSA) is 46.2 Å². The van der Waals surface area contributed by atoms with E-state index in [9.17, 15) is 27.1 Å². The van der Waals surface area contributed by atoms with Gasteiger partial charge in [0.05, 0.1) is 12.1 Å². The van der Waals surface area contributed by atoms with Crippen molar-refractivity contribution in [3.63, 3.8) is 0 Å². The van der Waals surface area contributed by atoms with Gasteiger partial charge in [-0.15, -0.1) is 0 Å². The zero-order valence-corrected chi connectivity index (χ0v) is 9.06. The van der Waals surface area contributed by atoms with Crippen LogP contribution in [0.1, 0.15) is 24.4 Å². The van der Waals surface area contributed by atoms with Gasteiger partial charge in [-0.25, -0.2) is 22.0 Å². The first-order valence-corrected chi connectivity index (χ1v) is 5.31. The Kier molecular flexibility index (Phi) is 3.29. The second kappa shape index (κ2) is 4.47. The highest BCUT2D eigenvalue weighted by molar-refractivity contribution is 5.28. The molecule has 1 aromatic carbocycles. The van der Waals surface area contributed by atoms with Crippen LogP contribution >= 0.6 is 0 Å². The summed E-state index contributed by atoms with van der Waals surface area (Å²) in [7, 11) is 0. The molecule has 100 valence electrons. The Morgan fingerprint density at radius 1 is 0.889 bits per heavy atom. The molecule has 1 aromatic rings. The fraction of sp³-hybridized carbons (Fsp3) is 0.455. The molecule has 0 amide bonds. The molecule has 1 fully saturated rings. The highest BCUT2D eigenvalue weighted by Crippen LogP contribution is 2.39. The van der Waals surface area contributed by atoms with Crippen molar-refractivity contribution in [2.45, 2.75) is 25.0 Å². The van der Waals surface area contributed by atoms with Crippen molar-refractivity contribution in [3.8, 4) is 0 Å². The van der Waals surface area contributed by atoms with E-state index in [1.165, 1.54) is 0 Å². The van der Waals surface area contributed by atoms with Crippen LogP contribution in [-0.2, 0) is 0 Å². The summed E-state index contributed by atoms with van der Waals surface area (Å²) in [6.45, 7) is 0. The van der Waals surface area contributed by atoms with E-state index in [0.29, 0.717) is 12.8 Å². The second-order valence-electron chi connectivity index (χ2n) is 4.34. The summed E-state index contributed by atoms with van der Waals surface area (Å²) in [5.74, 6) is -10.6. The normalized spacial score (nSPS) is 18.8. The molecule has 0 radical (unpaired) electrons. The maximum atomic E-state index is 13.4. The van der Waals surface area contributed by atoms with Crippen molar-refractivity contribution in [1.82, 2.24) is 0 Å². The van der Waals surface area contributed by atoms with Crippen molar-refractivity contribution in [3.05, 3.63) is 34.6 Å². The number of hydrogen-bond donors (Lipinski definition) is 2. The lowest BCUT2D eigenvalue weighted by Crippen LogP contribution is -2.30. The third kappa shape index (κ3) is 1.97. The highest BCUT2D eigenvalue weighted by atomic mass is 19.2. The number of nitrogens with two attached hydrogens (primary N) is 1. The Bertz CT molecular complexity index is 460. The molecule has 0 aliphatic heterocycles. The minimum absolute atomic E-state index is 0.255. The Labute approximate surface area is 99.2 Å². The molecule has 0 saturated heterocycles. The number of rotatable bonds is 3. The van der Waals surface area contributed by atoms with Gasteiger partial charge in [0.15, 0.2) is 23.3 Å². The van der Waals surface area contributed by atoms with E-state index in [1.807, 2.05) is 0 Å². The maximum Gasteiger partial charge on any atom is 0.200 e. The molecule has 0 bridgehead atoms. The lowest BCUT2D eigenvalue weighted by Gasteiger charge is -2.20. The van der Waals surface area contributed by atoms with E-state index in [2.05, 4.69) is 0 Å². The van der Waals surface area contributed by atoms with Crippen LogP contribution in [0.5, 0.6) is 0 Å². The first-order chi connectivity index (χ1) is 8.36. The molecule has 2 nitrogen and oxygen atoms in total. The number of aliphatic hydroxyl groups excluding tert-OH is 1. The van der Waals surface area contributed by atoms with Gasteiger partial charge < -0.3 is 10.8 Å². The minimum Gasteiger partial charge on any atom is -0.391 e. The third-order valence-electron chi connectivity index (χ3n) is 3.05. The Balaban J connectivity index is 2.49. The van der Waals surface area contributed by atoms with E-state index < -0.39 is 46.8 Å². The van der Waals surface area contributed by atoms with Crippen LogP contribution in [0, 0.1) is 35.0 Å². The Morgan fingerprint density at radius 2 is 1.28 bits per heavy atom. The van der Waals surface area contributed by atoms with E-state index >= 15 is 0 Å². The van der Waals surface area contributed by atoms with Crippen molar-refractivity contribution in [2.75, 3.05) is 0 Å². The molecule has 18 heavy (non-hydrogen) atoms. The first kappa shape index (κ1) is 13.2. The van der Waals surface area contributed by atoms with Crippen LogP contribution in [0.25, 0.3) is 0 Å². The smallest absolute Gasteiger partial charge is 0.200 e. The van der Waals surface area contributed by atoms with Gasteiger partial charge in [0.25, 0.3) is 0 Å². The van der Waals surface area contributed by atoms with Gasteiger partial charge in [0.2, 0.25) is 5.82 Å². The first-order valence-electron chi connectivity index (χ1n) is 5.31. The molecule has 1 aliphatic carbocycles. The summed E-state index contributed by atoms with van der Waals surface area (Å²) in [6, 6.07) is -1.64. The van der Waals surface area contributed by atoms with Gasteiger partial charge in [0.1, 0.15) is 0 Å². The summed E-state index contributed by atoms with van der Waals surface area (Å²) >= 11 is 0. The van der Waals surface area contributed by atoms with Gasteiger partial charge in [-0.2, -0.15) is 0 Å². The van der Waals surface area contributed by atoms with Crippen LogP contribution in [0.2, 0.25) is 0 Å². The van der Waals surface area contributed by atoms with E-state index in [1.54, 1.807) is 0 Å². The Morgan fingerprint density at radius 3 is 1.67 bits per heavy atom. The van der Waals surface area contributed by atoms with Gasteiger partial charge in [-0.3, -0.25) is 0 Å². The van der Waals surface area contributed by atoms with Crippen LogP contribution in [-0.4, -0.2) is 11.2 Å². The fourth-order valence-corrected chi connectivity index (χ4v) is 1.82. The molecule has 0 heterocycles. The largest absolute Gasteiger partial charge is 0.391 e. The number of benzene rings is 1. The predicted octanol–water partition coefficient (Wildman–Crippen LogP) is 2.15. The standard InChI is InChI=1S/C11H10F5NO/c12-5-4(10(17)11(18)3-1-2-3)6(13)8(15)9(16)7(5)14/h3,10-11,18H,1-2,17H2/t10-,11+/m1/s1. The summed E-state index contributed by atoms with van der Waals surface area (Å²) in [4.78, 5) is 0. The van der Waals surface area contributed by atoms with Gasteiger partial charge in [0, 0.05) is 5.56 Å². The molecule has 7 heteroatoms. The van der Waals surface area contributed by atoms with Gasteiger partial charge >= 0.3 is 0 Å². The zero-order chi connectivity index (χ0) is 13.6. The van der Waals surface area contributed by atoms with Gasteiger partial charge in [-0.1, -0.05) is 0 Å². The SMILES string of the molecule is N[C@H](c1c(F)c(F)c(F)c(F)c1F)[C@@H](O)C1CC1. The van der Waals surface area contributed by atoms with Crippen molar-refractivity contribution in [2.24, 2.45) is 11.7 Å². The van der Waals surface area contributed by atoms with Gasteiger partial charge in [-0.05, 0) is 18.8 Å². The van der Waals surface area contributed by atoms with Crippen molar-refractivity contribution in [1.29, 1.82) is 0 Å². The zero-order valence-electron chi connectivity index (χ0n) is 9.06. The molecular formula is C11H10F5NO.